The van der Waals surface area contributed by atoms with Crippen LogP contribution in [0.5, 0.6) is 17.2 Å². The molecule has 1 N–H and O–H groups in total. The van der Waals surface area contributed by atoms with Crippen LogP contribution in [0.15, 0.2) is 53.7 Å². The summed E-state index contributed by atoms with van der Waals surface area (Å²) in [5.41, 5.74) is 0.574. The zero-order chi connectivity index (χ0) is 23.1. The number of benzene rings is 2. The van der Waals surface area contributed by atoms with Crippen molar-refractivity contribution in [3.63, 3.8) is 0 Å². The molecule has 2 aromatic carbocycles. The predicted molar refractivity (Wildman–Crippen MR) is 121 cm³/mol. The van der Waals surface area contributed by atoms with Gasteiger partial charge in [0.2, 0.25) is 0 Å². The zero-order valence-corrected chi connectivity index (χ0v) is 18.5. The van der Waals surface area contributed by atoms with Crippen LogP contribution in [0.3, 0.4) is 0 Å². The van der Waals surface area contributed by atoms with Gasteiger partial charge in [0, 0.05) is 38.6 Å². The van der Waals surface area contributed by atoms with Gasteiger partial charge >= 0.3 is 6.09 Å². The van der Waals surface area contributed by atoms with Crippen molar-refractivity contribution >= 4 is 18.2 Å². The number of carbonyl (C=O) groups excluding carboxylic acids is 2. The lowest BCUT2D eigenvalue weighted by molar-refractivity contribution is -0.136. The molecule has 0 unspecified atom stereocenters. The first-order chi connectivity index (χ1) is 16.0. The molecule has 174 valence electrons. The van der Waals surface area contributed by atoms with Crippen LogP contribution in [-0.4, -0.2) is 62.1 Å². The first kappa shape index (κ1) is 22.4. The maximum atomic E-state index is 12.5. The largest absolute Gasteiger partial charge is 0.497 e. The normalized spacial score (nSPS) is 17.0. The fourth-order valence-electron chi connectivity index (χ4n) is 3.78. The topological polar surface area (TPSA) is 98.7 Å². The second-order valence-electron chi connectivity index (χ2n) is 8.00. The number of oxime groups is 1. The minimum atomic E-state index is -0.465. The van der Waals surface area contributed by atoms with E-state index in [1.54, 1.807) is 42.5 Å². The number of nitrogens with zero attached hydrogens (tertiary/aromatic N) is 2. The van der Waals surface area contributed by atoms with E-state index < -0.39 is 5.60 Å². The average molecular weight is 453 g/mol. The van der Waals surface area contributed by atoms with E-state index in [4.69, 9.17) is 19.0 Å². The van der Waals surface area contributed by atoms with Crippen LogP contribution in [0.25, 0.3) is 0 Å². The lowest BCUT2D eigenvalue weighted by Gasteiger charge is -2.37. The van der Waals surface area contributed by atoms with Crippen LogP contribution in [0.4, 0.5) is 4.79 Å². The third kappa shape index (κ3) is 5.94. The first-order valence-electron chi connectivity index (χ1n) is 10.8. The molecule has 1 spiro atoms. The smallest absolute Gasteiger partial charge is 0.407 e. The molecule has 9 heteroatoms. The molecule has 0 aliphatic carbocycles. The van der Waals surface area contributed by atoms with E-state index >= 15 is 0 Å². The maximum Gasteiger partial charge on any atom is 0.407 e. The summed E-state index contributed by atoms with van der Waals surface area (Å²) in [6, 6.07) is 14.7. The van der Waals surface area contributed by atoms with E-state index in [1.807, 2.05) is 24.3 Å². The van der Waals surface area contributed by atoms with E-state index in [-0.39, 0.29) is 18.6 Å². The molecule has 0 saturated carbocycles. The highest BCUT2D eigenvalue weighted by Crippen LogP contribution is 2.29. The Bertz CT molecular complexity index is 982. The van der Waals surface area contributed by atoms with Gasteiger partial charge in [-0.15, -0.1) is 0 Å². The van der Waals surface area contributed by atoms with Gasteiger partial charge in [0.25, 0.3) is 5.91 Å². The predicted octanol–water partition coefficient (Wildman–Crippen LogP) is 2.78. The van der Waals surface area contributed by atoms with Crippen molar-refractivity contribution in [2.75, 3.05) is 33.4 Å². The van der Waals surface area contributed by atoms with Crippen LogP contribution in [-0.2, 0) is 16.0 Å². The van der Waals surface area contributed by atoms with Gasteiger partial charge in [-0.2, -0.15) is 0 Å². The van der Waals surface area contributed by atoms with Crippen LogP contribution < -0.4 is 19.6 Å². The molecule has 0 bridgehead atoms. The molecule has 2 aliphatic rings. The summed E-state index contributed by atoms with van der Waals surface area (Å²) in [5.74, 6) is 1.94. The van der Waals surface area contributed by atoms with Gasteiger partial charge in [0.15, 0.2) is 12.4 Å². The lowest BCUT2D eigenvalue weighted by Crippen LogP contribution is -2.49. The van der Waals surface area contributed by atoms with E-state index in [0.717, 1.165) is 11.3 Å². The fraction of sp³-hybridized carbons (Fsp3) is 0.375. The summed E-state index contributed by atoms with van der Waals surface area (Å²) >= 11 is 0. The molecule has 33 heavy (non-hydrogen) atoms. The standard InChI is InChI=1S/C24H27N3O6/c1-30-19-6-8-21(9-7-19)33-26-13-10-18-2-4-20(5-3-18)31-16-22(28)27-14-11-24(12-15-27)17-25-23(29)32-24/h2-9,13H,10-12,14-17H2,1H3,(H,25,29). The van der Waals surface area contributed by atoms with Gasteiger partial charge in [-0.25, -0.2) is 4.79 Å². The molecule has 0 radical (unpaired) electrons. The fourth-order valence-corrected chi connectivity index (χ4v) is 3.78. The molecule has 2 aliphatic heterocycles. The molecule has 2 heterocycles. The molecule has 0 atom stereocenters. The number of ether oxygens (including phenoxy) is 3. The summed E-state index contributed by atoms with van der Waals surface area (Å²) in [4.78, 5) is 30.9. The number of amides is 2. The van der Waals surface area contributed by atoms with Crippen molar-refractivity contribution in [2.24, 2.45) is 5.16 Å². The number of piperidine rings is 1. The molecule has 2 aromatic rings. The quantitative estimate of drug-likeness (QED) is 0.488. The van der Waals surface area contributed by atoms with Gasteiger partial charge in [-0.1, -0.05) is 17.3 Å². The van der Waals surface area contributed by atoms with Gasteiger partial charge in [0.05, 0.1) is 13.7 Å². The number of likely N-dealkylation sites (tertiary alicyclic amines) is 1. The van der Waals surface area contributed by atoms with Gasteiger partial charge < -0.3 is 29.3 Å². The van der Waals surface area contributed by atoms with Crippen LogP contribution in [0.2, 0.25) is 0 Å². The van der Waals surface area contributed by atoms with Crippen molar-refractivity contribution < 1.29 is 28.6 Å². The van der Waals surface area contributed by atoms with Gasteiger partial charge in [-0.05, 0) is 42.0 Å². The second-order valence-corrected chi connectivity index (χ2v) is 8.00. The third-order valence-electron chi connectivity index (χ3n) is 5.80. The second kappa shape index (κ2) is 10.2. The summed E-state index contributed by atoms with van der Waals surface area (Å²) in [6.45, 7) is 1.58. The summed E-state index contributed by atoms with van der Waals surface area (Å²) in [5, 5.41) is 6.67. The van der Waals surface area contributed by atoms with Crippen LogP contribution >= 0.6 is 0 Å². The Kier molecular flexibility index (Phi) is 6.97. The Morgan fingerprint density at radius 1 is 1.09 bits per heavy atom. The first-order valence-corrected chi connectivity index (χ1v) is 10.8. The number of rotatable bonds is 8. The van der Waals surface area contributed by atoms with E-state index in [9.17, 15) is 9.59 Å². The number of hydrogen-bond donors (Lipinski definition) is 1. The number of carbonyl (C=O) groups is 2. The van der Waals surface area contributed by atoms with Gasteiger partial charge in [-0.3, -0.25) is 4.79 Å². The number of hydrogen-bond acceptors (Lipinski definition) is 7. The van der Waals surface area contributed by atoms with Crippen molar-refractivity contribution in [2.45, 2.75) is 24.9 Å². The molecule has 2 fully saturated rings. The molecular weight excluding hydrogens is 426 g/mol. The molecular formula is C24H27N3O6. The minimum Gasteiger partial charge on any atom is -0.497 e. The molecule has 2 amide bonds. The van der Waals surface area contributed by atoms with Crippen LogP contribution in [0.1, 0.15) is 18.4 Å². The summed E-state index contributed by atoms with van der Waals surface area (Å²) < 4.78 is 16.1. The Morgan fingerprint density at radius 2 is 1.76 bits per heavy atom. The Labute approximate surface area is 192 Å². The van der Waals surface area contributed by atoms with Crippen molar-refractivity contribution in [1.29, 1.82) is 0 Å². The highest BCUT2D eigenvalue weighted by atomic mass is 16.6. The van der Waals surface area contributed by atoms with Crippen molar-refractivity contribution in [3.05, 3.63) is 54.1 Å². The Morgan fingerprint density at radius 3 is 2.39 bits per heavy atom. The van der Waals surface area contributed by atoms with Crippen molar-refractivity contribution in [1.82, 2.24) is 10.2 Å². The third-order valence-corrected chi connectivity index (χ3v) is 5.80. The van der Waals surface area contributed by atoms with Crippen molar-refractivity contribution in [3.8, 4) is 17.2 Å². The Balaban J connectivity index is 1.17. The highest BCUT2D eigenvalue weighted by Gasteiger charge is 2.43. The maximum absolute atomic E-state index is 12.5. The van der Waals surface area contributed by atoms with Gasteiger partial charge in [0.1, 0.15) is 17.1 Å². The van der Waals surface area contributed by atoms with Crippen LogP contribution in [0, 0.1) is 0 Å². The molecule has 2 saturated heterocycles. The number of alkyl carbamates (subject to hydrolysis) is 1. The SMILES string of the molecule is COc1ccc(ON=CCc2ccc(OCC(=O)N3CCC4(CC3)CNC(=O)O4)cc2)cc1. The van der Waals surface area contributed by atoms with E-state index in [0.29, 0.717) is 50.4 Å². The van der Waals surface area contributed by atoms with E-state index in [1.165, 1.54) is 0 Å². The average Bonchev–Trinajstić information content (AvgIpc) is 3.21. The number of nitrogens with one attached hydrogen (secondary N) is 1. The molecule has 4 rings (SSSR count). The highest BCUT2D eigenvalue weighted by molar-refractivity contribution is 5.78. The molecule has 9 nitrogen and oxygen atoms in total. The molecule has 0 aromatic heterocycles. The van der Waals surface area contributed by atoms with E-state index in [2.05, 4.69) is 10.5 Å². The monoisotopic (exact) mass is 453 g/mol. The summed E-state index contributed by atoms with van der Waals surface area (Å²) in [7, 11) is 1.61. The number of methoxy groups -OCH3 is 1. The zero-order valence-electron chi connectivity index (χ0n) is 18.5. The summed E-state index contributed by atoms with van der Waals surface area (Å²) in [6.07, 6.45) is 3.18. The minimum absolute atomic E-state index is 0.0262. The Hall–Kier alpha value is -3.75. The lowest BCUT2D eigenvalue weighted by atomic mass is 9.91.